The first kappa shape index (κ1) is 14.5. The van der Waals surface area contributed by atoms with Gasteiger partial charge in [-0.05, 0) is 18.2 Å². The highest BCUT2D eigenvalue weighted by atomic mass is 35.5. The van der Waals surface area contributed by atoms with E-state index in [1.54, 1.807) is 18.3 Å². The standard InChI is InChI=1S/C15H9ClN6O2/c16-10-1-8(2-12-9(10)4-17-6-18-12)11-3-13(20-7-19-11)15-21-14(5-23)24-22-15/h1-7,14H,(H,21,22). The van der Waals surface area contributed by atoms with Gasteiger partial charge in [0.2, 0.25) is 0 Å². The van der Waals surface area contributed by atoms with Gasteiger partial charge in [0, 0.05) is 17.1 Å². The second-order valence-electron chi connectivity index (χ2n) is 4.95. The van der Waals surface area contributed by atoms with E-state index in [0.717, 1.165) is 10.9 Å². The molecule has 0 bridgehead atoms. The highest BCUT2D eigenvalue weighted by molar-refractivity contribution is 6.35. The molecule has 9 heteroatoms. The summed E-state index contributed by atoms with van der Waals surface area (Å²) in [5.41, 5.74) is 2.64. The molecule has 8 nitrogen and oxygen atoms in total. The van der Waals surface area contributed by atoms with E-state index in [0.29, 0.717) is 34.0 Å². The molecule has 1 aliphatic heterocycles. The fourth-order valence-electron chi connectivity index (χ4n) is 2.31. The summed E-state index contributed by atoms with van der Waals surface area (Å²) >= 11 is 6.30. The van der Waals surface area contributed by atoms with Crippen molar-refractivity contribution >= 4 is 34.6 Å². The molecule has 1 aliphatic rings. The fourth-order valence-corrected chi connectivity index (χ4v) is 2.57. The van der Waals surface area contributed by atoms with Crippen LogP contribution in [0.5, 0.6) is 0 Å². The number of aldehydes is 1. The molecule has 0 aliphatic carbocycles. The van der Waals surface area contributed by atoms with E-state index in [1.807, 2.05) is 6.07 Å². The maximum absolute atomic E-state index is 10.7. The third-order valence-electron chi connectivity index (χ3n) is 3.44. The van der Waals surface area contributed by atoms with Crippen LogP contribution < -0.4 is 5.32 Å². The van der Waals surface area contributed by atoms with Crippen LogP contribution in [0.4, 0.5) is 0 Å². The molecule has 118 valence electrons. The molecular weight excluding hydrogens is 332 g/mol. The number of nitrogens with zero attached hydrogens (tertiary/aromatic N) is 5. The molecule has 0 fully saturated rings. The number of halogens is 1. The Balaban J connectivity index is 1.75. The predicted molar refractivity (Wildman–Crippen MR) is 86.2 cm³/mol. The lowest BCUT2D eigenvalue weighted by Gasteiger charge is -2.06. The van der Waals surface area contributed by atoms with Crippen LogP contribution in [0.2, 0.25) is 5.02 Å². The van der Waals surface area contributed by atoms with Gasteiger partial charge < -0.3 is 10.2 Å². The minimum absolute atomic E-state index is 0.366. The van der Waals surface area contributed by atoms with Gasteiger partial charge in [0.15, 0.2) is 12.1 Å². The molecule has 1 aromatic carbocycles. The number of amidine groups is 1. The van der Waals surface area contributed by atoms with Crippen LogP contribution in [0.3, 0.4) is 0 Å². The van der Waals surface area contributed by atoms with Gasteiger partial charge in [-0.2, -0.15) is 0 Å². The monoisotopic (exact) mass is 340 g/mol. The number of nitrogens with one attached hydrogen (secondary N) is 1. The van der Waals surface area contributed by atoms with Crippen LogP contribution in [0.1, 0.15) is 5.69 Å². The van der Waals surface area contributed by atoms with Gasteiger partial charge in [0.1, 0.15) is 18.3 Å². The lowest BCUT2D eigenvalue weighted by atomic mass is 10.1. The molecule has 1 unspecified atom stereocenters. The molecule has 1 atom stereocenters. The number of carbonyl (C=O) groups excluding carboxylic acids is 1. The van der Waals surface area contributed by atoms with Crippen molar-refractivity contribution in [2.45, 2.75) is 6.23 Å². The summed E-state index contributed by atoms with van der Waals surface area (Å²) in [7, 11) is 0. The Bertz CT molecular complexity index is 977. The van der Waals surface area contributed by atoms with E-state index in [2.05, 4.69) is 30.4 Å². The molecule has 0 saturated carbocycles. The predicted octanol–water partition coefficient (Wildman–Crippen LogP) is 1.55. The Kier molecular flexibility index (Phi) is 3.51. The summed E-state index contributed by atoms with van der Waals surface area (Å²) in [6.07, 6.45) is 4.34. The number of benzene rings is 1. The van der Waals surface area contributed by atoms with E-state index in [1.165, 1.54) is 12.7 Å². The second-order valence-corrected chi connectivity index (χ2v) is 5.36. The molecule has 0 spiro atoms. The first-order valence-electron chi connectivity index (χ1n) is 6.92. The van der Waals surface area contributed by atoms with Gasteiger partial charge >= 0.3 is 0 Å². The van der Waals surface area contributed by atoms with Crippen LogP contribution in [-0.2, 0) is 9.63 Å². The third-order valence-corrected chi connectivity index (χ3v) is 3.75. The molecule has 0 radical (unpaired) electrons. The molecule has 24 heavy (non-hydrogen) atoms. The van der Waals surface area contributed by atoms with Crippen molar-refractivity contribution in [1.82, 2.24) is 25.3 Å². The van der Waals surface area contributed by atoms with Crippen LogP contribution in [0.15, 0.2) is 42.2 Å². The van der Waals surface area contributed by atoms with Crippen molar-refractivity contribution < 1.29 is 9.63 Å². The number of aromatic nitrogens is 4. The van der Waals surface area contributed by atoms with Crippen LogP contribution in [0, 0.1) is 0 Å². The van der Waals surface area contributed by atoms with E-state index in [-0.39, 0.29) is 0 Å². The van der Waals surface area contributed by atoms with Gasteiger partial charge in [0.05, 0.1) is 16.2 Å². The molecular formula is C15H9ClN6O2. The summed E-state index contributed by atoms with van der Waals surface area (Å²) < 4.78 is 0. The number of oxime groups is 1. The zero-order valence-corrected chi connectivity index (χ0v) is 12.8. The molecule has 2 aromatic heterocycles. The summed E-state index contributed by atoms with van der Waals surface area (Å²) in [4.78, 5) is 32.2. The zero-order valence-electron chi connectivity index (χ0n) is 12.0. The SMILES string of the molecule is O=CC1NC(c2cc(-c3cc(Cl)c4cncnc4c3)ncn2)=NO1. The Morgan fingerprint density at radius 1 is 1.12 bits per heavy atom. The largest absolute Gasteiger partial charge is 0.361 e. The molecule has 4 rings (SSSR count). The van der Waals surface area contributed by atoms with E-state index >= 15 is 0 Å². The maximum Gasteiger partial charge on any atom is 0.254 e. The number of hydrogen-bond acceptors (Lipinski definition) is 8. The summed E-state index contributed by atoms with van der Waals surface area (Å²) in [6, 6.07) is 5.37. The minimum Gasteiger partial charge on any atom is -0.361 e. The molecule has 3 heterocycles. The van der Waals surface area contributed by atoms with Crippen LogP contribution in [0.25, 0.3) is 22.2 Å². The number of fused-ring (bicyclic) bond motifs is 1. The van der Waals surface area contributed by atoms with Gasteiger partial charge in [-0.3, -0.25) is 4.79 Å². The average Bonchev–Trinajstić information content (AvgIpc) is 3.11. The van der Waals surface area contributed by atoms with Crippen molar-refractivity contribution in [2.24, 2.45) is 5.16 Å². The Morgan fingerprint density at radius 3 is 2.83 bits per heavy atom. The summed E-state index contributed by atoms with van der Waals surface area (Å²) in [5, 5.41) is 7.89. The lowest BCUT2D eigenvalue weighted by molar-refractivity contribution is -0.117. The molecule has 0 amide bonds. The van der Waals surface area contributed by atoms with Gasteiger partial charge in [-0.1, -0.05) is 16.8 Å². The molecule has 3 aromatic rings. The van der Waals surface area contributed by atoms with E-state index in [4.69, 9.17) is 16.4 Å². The average molecular weight is 341 g/mol. The third kappa shape index (κ3) is 2.52. The van der Waals surface area contributed by atoms with Crippen molar-refractivity contribution in [3.63, 3.8) is 0 Å². The van der Waals surface area contributed by atoms with E-state index in [9.17, 15) is 4.79 Å². The first-order chi connectivity index (χ1) is 11.7. The Labute approximate surface area is 140 Å². The van der Waals surface area contributed by atoms with E-state index < -0.39 is 6.23 Å². The molecule has 1 N–H and O–H groups in total. The topological polar surface area (TPSA) is 102 Å². The van der Waals surface area contributed by atoms with Crippen molar-refractivity contribution in [3.8, 4) is 11.3 Å². The highest BCUT2D eigenvalue weighted by Gasteiger charge is 2.21. The summed E-state index contributed by atoms with van der Waals surface area (Å²) in [6.45, 7) is 0. The minimum atomic E-state index is -0.801. The van der Waals surface area contributed by atoms with Crippen molar-refractivity contribution in [3.05, 3.63) is 47.8 Å². The van der Waals surface area contributed by atoms with Gasteiger partial charge in [-0.25, -0.2) is 19.9 Å². The maximum atomic E-state index is 10.7. The van der Waals surface area contributed by atoms with Gasteiger partial charge in [-0.15, -0.1) is 0 Å². The van der Waals surface area contributed by atoms with Crippen LogP contribution >= 0.6 is 11.6 Å². The number of hydrogen-bond donors (Lipinski definition) is 1. The Hall–Kier alpha value is -3.13. The first-order valence-corrected chi connectivity index (χ1v) is 7.30. The van der Waals surface area contributed by atoms with Crippen molar-refractivity contribution in [2.75, 3.05) is 0 Å². The highest BCUT2D eigenvalue weighted by Crippen LogP contribution is 2.28. The van der Waals surface area contributed by atoms with Crippen LogP contribution in [-0.4, -0.2) is 38.3 Å². The summed E-state index contributed by atoms with van der Waals surface area (Å²) in [5.74, 6) is 0.366. The fraction of sp³-hybridized carbons (Fsp3) is 0.0667. The second kappa shape index (κ2) is 5.82. The zero-order chi connectivity index (χ0) is 16.5. The number of rotatable bonds is 3. The normalized spacial score (nSPS) is 16.4. The lowest BCUT2D eigenvalue weighted by Crippen LogP contribution is -2.31. The van der Waals surface area contributed by atoms with Crippen molar-refractivity contribution in [1.29, 1.82) is 0 Å². The molecule has 0 saturated heterocycles. The quantitative estimate of drug-likeness (QED) is 0.721. The Morgan fingerprint density at radius 2 is 2.00 bits per heavy atom. The number of carbonyl (C=O) groups is 1. The van der Waals surface area contributed by atoms with Gasteiger partial charge in [0.25, 0.3) is 6.23 Å². The smallest absolute Gasteiger partial charge is 0.254 e.